The fraction of sp³-hybridized carbons (Fsp3) is 0.533. The molecule has 2 fully saturated rings. The SMILES string of the molecule is COc1cc(OC)cc(C2SCC(=O)N2CC2CC2)c1. The van der Waals surface area contributed by atoms with Crippen LogP contribution < -0.4 is 9.47 Å². The van der Waals surface area contributed by atoms with Crippen molar-refractivity contribution in [3.05, 3.63) is 23.8 Å². The van der Waals surface area contributed by atoms with Gasteiger partial charge >= 0.3 is 0 Å². The molecule has 1 aromatic carbocycles. The second kappa shape index (κ2) is 5.56. The van der Waals surface area contributed by atoms with E-state index in [1.54, 1.807) is 26.0 Å². The Labute approximate surface area is 123 Å². The van der Waals surface area contributed by atoms with Crippen LogP contribution in [0.2, 0.25) is 0 Å². The van der Waals surface area contributed by atoms with E-state index in [1.165, 1.54) is 12.8 Å². The zero-order valence-corrected chi connectivity index (χ0v) is 12.6. The van der Waals surface area contributed by atoms with E-state index in [4.69, 9.17) is 9.47 Å². The molecule has 4 nitrogen and oxygen atoms in total. The molecule has 1 heterocycles. The lowest BCUT2D eigenvalue weighted by atomic mass is 10.1. The fourth-order valence-electron chi connectivity index (χ4n) is 2.48. The topological polar surface area (TPSA) is 38.8 Å². The van der Waals surface area contributed by atoms with Gasteiger partial charge in [-0.3, -0.25) is 4.79 Å². The van der Waals surface area contributed by atoms with E-state index >= 15 is 0 Å². The lowest BCUT2D eigenvalue weighted by Gasteiger charge is -2.24. The van der Waals surface area contributed by atoms with Crippen molar-refractivity contribution in [2.24, 2.45) is 5.92 Å². The first-order valence-electron chi connectivity index (χ1n) is 6.85. The number of thioether (sulfide) groups is 1. The van der Waals surface area contributed by atoms with Gasteiger partial charge in [0.2, 0.25) is 5.91 Å². The predicted molar refractivity (Wildman–Crippen MR) is 79.2 cm³/mol. The van der Waals surface area contributed by atoms with Gasteiger partial charge in [0.05, 0.1) is 20.0 Å². The maximum Gasteiger partial charge on any atom is 0.233 e. The van der Waals surface area contributed by atoms with Crippen LogP contribution in [0, 0.1) is 5.92 Å². The van der Waals surface area contributed by atoms with Crippen molar-refractivity contribution < 1.29 is 14.3 Å². The third-order valence-electron chi connectivity index (χ3n) is 3.78. The average Bonchev–Trinajstić information content (AvgIpc) is 3.22. The highest BCUT2D eigenvalue weighted by Gasteiger charge is 2.37. The number of hydrogen-bond acceptors (Lipinski definition) is 4. The highest BCUT2D eigenvalue weighted by atomic mass is 32.2. The van der Waals surface area contributed by atoms with Crippen molar-refractivity contribution in [2.45, 2.75) is 18.2 Å². The molecule has 20 heavy (non-hydrogen) atoms. The largest absolute Gasteiger partial charge is 0.497 e. The summed E-state index contributed by atoms with van der Waals surface area (Å²) < 4.78 is 10.6. The minimum Gasteiger partial charge on any atom is -0.497 e. The third-order valence-corrected chi connectivity index (χ3v) is 5.03. The minimum absolute atomic E-state index is 0.0899. The molecule has 1 aliphatic carbocycles. The second-order valence-electron chi connectivity index (χ2n) is 5.30. The van der Waals surface area contributed by atoms with Gasteiger partial charge in [0.15, 0.2) is 0 Å². The lowest BCUT2D eigenvalue weighted by molar-refractivity contribution is -0.128. The van der Waals surface area contributed by atoms with Gasteiger partial charge in [-0.25, -0.2) is 0 Å². The van der Waals surface area contributed by atoms with Crippen molar-refractivity contribution in [1.29, 1.82) is 0 Å². The van der Waals surface area contributed by atoms with Crippen LogP contribution in [0.1, 0.15) is 23.8 Å². The van der Waals surface area contributed by atoms with Gasteiger partial charge < -0.3 is 14.4 Å². The number of amides is 1. The molecule has 3 rings (SSSR count). The van der Waals surface area contributed by atoms with Crippen LogP contribution in [0.3, 0.4) is 0 Å². The number of hydrogen-bond donors (Lipinski definition) is 0. The molecule has 1 unspecified atom stereocenters. The molecule has 108 valence electrons. The summed E-state index contributed by atoms with van der Waals surface area (Å²) in [5.41, 5.74) is 1.08. The summed E-state index contributed by atoms with van der Waals surface area (Å²) in [7, 11) is 3.29. The minimum atomic E-state index is 0.0899. The van der Waals surface area contributed by atoms with Crippen LogP contribution in [-0.4, -0.2) is 37.3 Å². The first-order chi connectivity index (χ1) is 9.71. The molecular formula is C15H19NO3S. The van der Waals surface area contributed by atoms with Crippen molar-refractivity contribution in [1.82, 2.24) is 4.90 Å². The number of rotatable bonds is 5. The maximum atomic E-state index is 12.1. The molecule has 1 aliphatic heterocycles. The highest BCUT2D eigenvalue weighted by Crippen LogP contribution is 2.43. The summed E-state index contributed by atoms with van der Waals surface area (Å²) in [6.45, 7) is 0.885. The van der Waals surface area contributed by atoms with E-state index in [0.717, 1.165) is 23.6 Å². The second-order valence-corrected chi connectivity index (χ2v) is 6.37. The van der Waals surface area contributed by atoms with Gasteiger partial charge in [0, 0.05) is 12.6 Å². The first-order valence-corrected chi connectivity index (χ1v) is 7.90. The summed E-state index contributed by atoms with van der Waals surface area (Å²) in [6, 6.07) is 5.85. The van der Waals surface area contributed by atoms with E-state index in [-0.39, 0.29) is 11.3 Å². The molecule has 0 aromatic heterocycles. The monoisotopic (exact) mass is 293 g/mol. The van der Waals surface area contributed by atoms with Crippen molar-refractivity contribution in [2.75, 3.05) is 26.5 Å². The van der Waals surface area contributed by atoms with Gasteiger partial charge in [0.25, 0.3) is 0 Å². The maximum absolute atomic E-state index is 12.1. The summed E-state index contributed by atoms with van der Waals surface area (Å²) in [4.78, 5) is 14.1. The molecule has 1 aromatic rings. The summed E-state index contributed by atoms with van der Waals surface area (Å²) in [5, 5.41) is 0.0899. The number of ether oxygens (including phenoxy) is 2. The molecule has 2 aliphatic rings. The van der Waals surface area contributed by atoms with Crippen molar-refractivity contribution in [3.63, 3.8) is 0 Å². The van der Waals surface area contributed by atoms with Crippen LogP contribution in [0.15, 0.2) is 18.2 Å². The van der Waals surface area contributed by atoms with Gasteiger partial charge in [-0.1, -0.05) is 0 Å². The smallest absolute Gasteiger partial charge is 0.233 e. The van der Waals surface area contributed by atoms with E-state index in [2.05, 4.69) is 0 Å². The van der Waals surface area contributed by atoms with Crippen LogP contribution in [0.5, 0.6) is 11.5 Å². The predicted octanol–water partition coefficient (Wildman–Crippen LogP) is 2.69. The normalized spacial score (nSPS) is 22.2. The Bertz CT molecular complexity index is 494. The molecule has 1 saturated heterocycles. The quantitative estimate of drug-likeness (QED) is 0.836. The van der Waals surface area contributed by atoms with Crippen molar-refractivity contribution in [3.8, 4) is 11.5 Å². The zero-order valence-electron chi connectivity index (χ0n) is 11.8. The number of carbonyl (C=O) groups is 1. The van der Waals surface area contributed by atoms with Gasteiger partial charge in [-0.2, -0.15) is 0 Å². The van der Waals surface area contributed by atoms with Crippen LogP contribution in [-0.2, 0) is 4.79 Å². The molecule has 1 atom stereocenters. The Kier molecular flexibility index (Phi) is 3.78. The fourth-order valence-corrected chi connectivity index (χ4v) is 3.66. The number of benzene rings is 1. The molecule has 5 heteroatoms. The van der Waals surface area contributed by atoms with Gasteiger partial charge in [-0.05, 0) is 36.5 Å². The van der Waals surface area contributed by atoms with Crippen molar-refractivity contribution >= 4 is 17.7 Å². The van der Waals surface area contributed by atoms with Crippen LogP contribution in [0.4, 0.5) is 0 Å². The molecule has 0 N–H and O–H groups in total. The number of nitrogens with zero attached hydrogens (tertiary/aromatic N) is 1. The van der Waals surface area contributed by atoms with E-state index in [0.29, 0.717) is 11.7 Å². The Hall–Kier alpha value is -1.36. The third kappa shape index (κ3) is 2.73. The van der Waals surface area contributed by atoms with Crippen LogP contribution in [0.25, 0.3) is 0 Å². The Morgan fingerprint density at radius 2 is 1.85 bits per heavy atom. The Morgan fingerprint density at radius 1 is 1.20 bits per heavy atom. The molecule has 1 saturated carbocycles. The van der Waals surface area contributed by atoms with E-state index in [9.17, 15) is 4.79 Å². The zero-order chi connectivity index (χ0) is 14.1. The number of methoxy groups -OCH3 is 2. The molecule has 0 spiro atoms. The molecule has 0 bridgehead atoms. The molecule has 0 radical (unpaired) electrons. The molecular weight excluding hydrogens is 274 g/mol. The Morgan fingerprint density at radius 3 is 2.40 bits per heavy atom. The van der Waals surface area contributed by atoms with E-state index < -0.39 is 0 Å². The Balaban J connectivity index is 1.87. The standard InChI is InChI=1S/C15H19NO3S/c1-18-12-5-11(6-13(7-12)19-2)15-16(8-10-3-4-10)14(17)9-20-15/h5-7,10,15H,3-4,8-9H2,1-2H3. The summed E-state index contributed by atoms with van der Waals surface area (Å²) in [5.74, 6) is 3.05. The number of carbonyl (C=O) groups excluding carboxylic acids is 1. The van der Waals surface area contributed by atoms with Gasteiger partial charge in [0.1, 0.15) is 16.9 Å². The van der Waals surface area contributed by atoms with E-state index in [1.807, 2.05) is 23.1 Å². The van der Waals surface area contributed by atoms with Gasteiger partial charge in [-0.15, -0.1) is 11.8 Å². The van der Waals surface area contributed by atoms with Crippen LogP contribution >= 0.6 is 11.8 Å². The summed E-state index contributed by atoms with van der Waals surface area (Å²) in [6.07, 6.45) is 2.51. The lowest BCUT2D eigenvalue weighted by Crippen LogP contribution is -2.30. The average molecular weight is 293 g/mol. The molecule has 1 amide bonds. The highest BCUT2D eigenvalue weighted by molar-refractivity contribution is 8.00. The first kappa shape index (κ1) is 13.6. The summed E-state index contributed by atoms with van der Waals surface area (Å²) >= 11 is 1.69.